The third kappa shape index (κ3) is 3.87. The number of aromatic nitrogens is 1. The van der Waals surface area contributed by atoms with Gasteiger partial charge in [0.25, 0.3) is 0 Å². The maximum absolute atomic E-state index is 13.3. The molecule has 2 aliphatic rings. The van der Waals surface area contributed by atoms with Crippen LogP contribution in [0.3, 0.4) is 0 Å². The van der Waals surface area contributed by atoms with Crippen LogP contribution in [0.2, 0.25) is 0 Å². The van der Waals surface area contributed by atoms with Crippen LogP contribution in [-0.4, -0.2) is 43.1 Å². The fourth-order valence-corrected chi connectivity index (χ4v) is 4.10. The van der Waals surface area contributed by atoms with Crippen LogP contribution in [0.1, 0.15) is 30.9 Å². The van der Waals surface area contributed by atoms with Crippen molar-refractivity contribution in [2.45, 2.75) is 25.2 Å². The van der Waals surface area contributed by atoms with Crippen molar-refractivity contribution in [1.82, 2.24) is 10.1 Å². The Morgan fingerprint density at radius 1 is 1.07 bits per heavy atom. The van der Waals surface area contributed by atoms with Crippen molar-refractivity contribution >= 4 is 11.0 Å². The van der Waals surface area contributed by atoms with E-state index in [9.17, 15) is 4.39 Å². The zero-order chi connectivity index (χ0) is 19.6. The predicted molar refractivity (Wildman–Crippen MR) is 105 cm³/mol. The van der Waals surface area contributed by atoms with Crippen molar-refractivity contribution in [1.29, 1.82) is 0 Å². The maximum Gasteiger partial charge on any atom is 0.231 e. The molecule has 2 aliphatic heterocycles. The maximum atomic E-state index is 13.3. The first-order valence-electron chi connectivity index (χ1n) is 10.1. The van der Waals surface area contributed by atoms with Gasteiger partial charge in [-0.3, -0.25) is 0 Å². The number of nitrogens with zero attached hydrogens (tertiary/aromatic N) is 2. The van der Waals surface area contributed by atoms with Crippen LogP contribution in [0.5, 0.6) is 17.2 Å². The lowest BCUT2D eigenvalue weighted by atomic mass is 9.91. The number of ether oxygens (including phenoxy) is 3. The monoisotopic (exact) mass is 398 g/mol. The average Bonchev–Trinajstić information content (AvgIpc) is 3.38. The Morgan fingerprint density at radius 2 is 1.93 bits per heavy atom. The second-order valence-corrected chi connectivity index (χ2v) is 7.54. The lowest BCUT2D eigenvalue weighted by Crippen LogP contribution is -2.34. The molecule has 2 aromatic carbocycles. The Bertz CT molecular complexity index is 998. The van der Waals surface area contributed by atoms with Crippen molar-refractivity contribution in [3.05, 3.63) is 47.9 Å². The molecule has 0 aliphatic carbocycles. The van der Waals surface area contributed by atoms with Gasteiger partial charge in [0.05, 0.1) is 12.3 Å². The number of halogens is 1. The van der Waals surface area contributed by atoms with Crippen LogP contribution < -0.4 is 14.2 Å². The Labute approximate surface area is 168 Å². The molecule has 29 heavy (non-hydrogen) atoms. The van der Waals surface area contributed by atoms with Crippen molar-refractivity contribution in [2.24, 2.45) is 0 Å². The molecule has 0 radical (unpaired) electrons. The number of hydrogen-bond acceptors (Lipinski definition) is 6. The fourth-order valence-electron chi connectivity index (χ4n) is 4.10. The molecule has 7 heteroatoms. The van der Waals surface area contributed by atoms with Crippen LogP contribution in [0.15, 0.2) is 40.9 Å². The van der Waals surface area contributed by atoms with E-state index in [1.165, 1.54) is 12.1 Å². The predicted octanol–water partition coefficient (Wildman–Crippen LogP) is 4.34. The molecule has 0 unspecified atom stereocenters. The molecule has 1 aromatic heterocycles. The van der Waals surface area contributed by atoms with Crippen LogP contribution >= 0.6 is 0 Å². The Kier molecular flexibility index (Phi) is 4.97. The van der Waals surface area contributed by atoms with Gasteiger partial charge in [0.15, 0.2) is 17.1 Å². The largest absolute Gasteiger partial charge is 0.493 e. The highest BCUT2D eigenvalue weighted by atomic mass is 19.1. The molecule has 0 N–H and O–H groups in total. The quantitative estimate of drug-likeness (QED) is 0.576. The normalized spacial score (nSPS) is 17.1. The van der Waals surface area contributed by atoms with Crippen molar-refractivity contribution in [3.63, 3.8) is 0 Å². The number of hydrogen-bond donors (Lipinski definition) is 0. The number of likely N-dealkylation sites (tertiary alicyclic amines) is 1. The first-order valence-corrected chi connectivity index (χ1v) is 10.1. The summed E-state index contributed by atoms with van der Waals surface area (Å²) in [5.74, 6) is 2.39. The molecule has 1 fully saturated rings. The first kappa shape index (κ1) is 18.2. The second-order valence-electron chi connectivity index (χ2n) is 7.54. The summed E-state index contributed by atoms with van der Waals surface area (Å²) in [5.41, 5.74) is 1.49. The Morgan fingerprint density at radius 3 is 2.83 bits per heavy atom. The molecular formula is C22H23FN2O4. The molecular weight excluding hydrogens is 375 g/mol. The minimum Gasteiger partial charge on any atom is -0.493 e. The zero-order valence-electron chi connectivity index (χ0n) is 16.1. The molecule has 1 saturated heterocycles. The highest BCUT2D eigenvalue weighted by Crippen LogP contribution is 2.35. The molecule has 0 amide bonds. The highest BCUT2D eigenvalue weighted by Gasteiger charge is 2.25. The summed E-state index contributed by atoms with van der Waals surface area (Å²) >= 11 is 0. The summed E-state index contributed by atoms with van der Waals surface area (Å²) in [5, 5.41) is 5.15. The van der Waals surface area contributed by atoms with E-state index in [-0.39, 0.29) is 12.6 Å². The van der Waals surface area contributed by atoms with Crippen LogP contribution in [0.4, 0.5) is 4.39 Å². The molecule has 3 heterocycles. The van der Waals surface area contributed by atoms with Gasteiger partial charge in [-0.1, -0.05) is 5.16 Å². The minimum atomic E-state index is -0.294. The van der Waals surface area contributed by atoms with Gasteiger partial charge in [0.1, 0.15) is 11.6 Å². The summed E-state index contributed by atoms with van der Waals surface area (Å²) in [7, 11) is 0. The fraction of sp³-hybridized carbons (Fsp3) is 0.409. The molecule has 3 aromatic rings. The van der Waals surface area contributed by atoms with Gasteiger partial charge in [-0.2, -0.15) is 0 Å². The lowest BCUT2D eigenvalue weighted by molar-refractivity contribution is 0.173. The molecule has 0 saturated carbocycles. The summed E-state index contributed by atoms with van der Waals surface area (Å²) in [6.07, 6.45) is 3.02. The van der Waals surface area contributed by atoms with Crippen LogP contribution in [-0.2, 0) is 0 Å². The molecule has 5 rings (SSSR count). The average molecular weight is 398 g/mol. The van der Waals surface area contributed by atoms with E-state index in [0.29, 0.717) is 18.1 Å². The van der Waals surface area contributed by atoms with Gasteiger partial charge in [-0.05, 0) is 56.6 Å². The van der Waals surface area contributed by atoms with Gasteiger partial charge in [-0.15, -0.1) is 0 Å². The standard InChI is InChI=1S/C22H23FN2O4/c23-16-2-4-18-20(12-16)29-24-22(18)15-6-9-25(10-7-15)8-1-11-26-17-3-5-19-21(13-17)28-14-27-19/h2-5,12-13,15H,1,6-11,14H2. The second kappa shape index (κ2) is 7.91. The Hall–Kier alpha value is -2.80. The first-order chi connectivity index (χ1) is 14.3. The smallest absolute Gasteiger partial charge is 0.231 e. The van der Waals surface area contributed by atoms with Crippen LogP contribution in [0, 0.1) is 5.82 Å². The van der Waals surface area contributed by atoms with Gasteiger partial charge in [-0.25, -0.2) is 4.39 Å². The topological polar surface area (TPSA) is 57.0 Å². The molecule has 152 valence electrons. The van der Waals surface area contributed by atoms with E-state index in [4.69, 9.17) is 18.7 Å². The number of benzene rings is 2. The number of piperidine rings is 1. The summed E-state index contributed by atoms with van der Waals surface area (Å²) in [6, 6.07) is 10.3. The van der Waals surface area contributed by atoms with E-state index >= 15 is 0 Å². The summed E-state index contributed by atoms with van der Waals surface area (Å²) < 4.78 is 35.2. The van der Waals surface area contributed by atoms with E-state index < -0.39 is 0 Å². The Balaban J connectivity index is 1.08. The van der Waals surface area contributed by atoms with Crippen LogP contribution in [0.25, 0.3) is 11.0 Å². The van der Waals surface area contributed by atoms with Gasteiger partial charge in [0.2, 0.25) is 6.79 Å². The molecule has 6 nitrogen and oxygen atoms in total. The van der Waals surface area contributed by atoms with Crippen molar-refractivity contribution in [2.75, 3.05) is 33.0 Å². The summed E-state index contributed by atoms with van der Waals surface area (Å²) in [6.45, 7) is 3.98. The highest BCUT2D eigenvalue weighted by molar-refractivity contribution is 5.79. The third-order valence-corrected chi connectivity index (χ3v) is 5.67. The van der Waals surface area contributed by atoms with Gasteiger partial charge >= 0.3 is 0 Å². The van der Waals surface area contributed by atoms with E-state index in [1.807, 2.05) is 18.2 Å². The third-order valence-electron chi connectivity index (χ3n) is 5.67. The molecule has 0 atom stereocenters. The number of fused-ring (bicyclic) bond motifs is 2. The van der Waals surface area contributed by atoms with Gasteiger partial charge in [0, 0.05) is 30.0 Å². The molecule has 0 spiro atoms. The molecule has 0 bridgehead atoms. The SMILES string of the molecule is Fc1ccc2c(C3CCN(CCCOc4ccc5c(c4)OCO5)CC3)noc2c1. The minimum absolute atomic E-state index is 0.274. The zero-order valence-corrected chi connectivity index (χ0v) is 16.1. The van der Waals surface area contributed by atoms with E-state index in [2.05, 4.69) is 10.1 Å². The van der Waals surface area contributed by atoms with Crippen molar-refractivity contribution in [3.8, 4) is 17.2 Å². The summed E-state index contributed by atoms with van der Waals surface area (Å²) in [4.78, 5) is 2.46. The van der Waals surface area contributed by atoms with Crippen molar-refractivity contribution < 1.29 is 23.1 Å². The van der Waals surface area contributed by atoms with E-state index in [1.54, 1.807) is 6.07 Å². The van der Waals surface area contributed by atoms with E-state index in [0.717, 1.165) is 67.2 Å². The number of rotatable bonds is 6. The lowest BCUT2D eigenvalue weighted by Gasteiger charge is -2.31. The van der Waals surface area contributed by atoms with Gasteiger partial charge < -0.3 is 23.6 Å².